The third-order valence-corrected chi connectivity index (χ3v) is 5.55. The van der Waals surface area contributed by atoms with Crippen LogP contribution in [-0.2, 0) is 14.4 Å². The molecule has 1 aromatic carbocycles. The van der Waals surface area contributed by atoms with Gasteiger partial charge in [-0.15, -0.1) is 0 Å². The summed E-state index contributed by atoms with van der Waals surface area (Å²) in [6, 6.07) is 5.52. The number of carbonyl (C=O) groups excluding carboxylic acids is 3. The molecule has 0 bridgehead atoms. The number of guanidine groups is 1. The van der Waals surface area contributed by atoms with Crippen molar-refractivity contribution in [3.8, 4) is 0 Å². The predicted molar refractivity (Wildman–Crippen MR) is 130 cm³/mol. The van der Waals surface area contributed by atoms with Gasteiger partial charge in [0.1, 0.15) is 17.8 Å². The molecule has 0 aromatic heterocycles. The summed E-state index contributed by atoms with van der Waals surface area (Å²) in [5.74, 6) is -2.15. The lowest BCUT2D eigenvalue weighted by Crippen LogP contribution is -2.47. The number of nitrogens with zero attached hydrogens (tertiary/aromatic N) is 2. The van der Waals surface area contributed by atoms with Crippen molar-refractivity contribution in [2.24, 2.45) is 21.6 Å². The van der Waals surface area contributed by atoms with Crippen molar-refractivity contribution in [3.05, 3.63) is 41.6 Å². The van der Waals surface area contributed by atoms with Gasteiger partial charge < -0.3 is 26.8 Å². The highest BCUT2D eigenvalue weighted by molar-refractivity contribution is 6.19. The fourth-order valence-electron chi connectivity index (χ4n) is 3.61. The zero-order chi connectivity index (χ0) is 25.4. The number of carbonyl (C=O) groups is 4. The summed E-state index contributed by atoms with van der Waals surface area (Å²) in [6.07, 6.45) is 3.41. The second kappa shape index (κ2) is 11.8. The van der Waals surface area contributed by atoms with Gasteiger partial charge in [0.05, 0.1) is 0 Å². The molecule has 12 nitrogen and oxygen atoms in total. The van der Waals surface area contributed by atoms with E-state index < -0.39 is 23.8 Å². The number of hydrogen-bond acceptors (Lipinski definition) is 8. The Labute approximate surface area is 202 Å². The number of benzene rings is 1. The molecule has 35 heavy (non-hydrogen) atoms. The molecule has 0 saturated heterocycles. The summed E-state index contributed by atoms with van der Waals surface area (Å²) >= 11 is 0. The normalized spacial score (nSPS) is 17.2. The highest BCUT2D eigenvalue weighted by Gasteiger charge is 2.35. The molecule has 1 unspecified atom stereocenters. The van der Waals surface area contributed by atoms with Gasteiger partial charge in [0.15, 0.2) is 0 Å². The third kappa shape index (κ3) is 6.88. The summed E-state index contributed by atoms with van der Waals surface area (Å²) in [5.41, 5.74) is 7.30. The molecule has 0 radical (unpaired) electrons. The number of anilines is 1. The highest BCUT2D eigenvalue weighted by Crippen LogP contribution is 2.24. The zero-order valence-electron chi connectivity index (χ0n) is 19.3. The smallest absolute Gasteiger partial charge is 0.326 e. The topological polar surface area (TPSA) is 187 Å². The molecule has 2 atom stereocenters. The number of hydrogen-bond donors (Lipinski definition) is 6. The first-order chi connectivity index (χ1) is 16.8. The van der Waals surface area contributed by atoms with Crippen molar-refractivity contribution in [2.45, 2.75) is 38.6 Å². The number of amidine groups is 1. The molecular formula is C23H29N7O5. The van der Waals surface area contributed by atoms with Crippen LogP contribution in [-0.4, -0.2) is 59.7 Å². The molecule has 0 spiro atoms. The van der Waals surface area contributed by atoms with Crippen LogP contribution < -0.4 is 27.0 Å². The predicted octanol–water partition coefficient (Wildman–Crippen LogP) is 0.335. The Morgan fingerprint density at radius 1 is 1.20 bits per heavy atom. The Balaban J connectivity index is 1.47. The summed E-state index contributed by atoms with van der Waals surface area (Å²) in [6.45, 7) is 2.57. The average molecular weight is 484 g/mol. The Morgan fingerprint density at radius 3 is 2.63 bits per heavy atom. The minimum Gasteiger partial charge on any atom is -0.480 e. The number of amides is 3. The molecule has 2 heterocycles. The number of fused-ring (bicyclic) bond motifs is 1. The Bertz CT molecular complexity index is 1080. The maximum absolute atomic E-state index is 12.5. The van der Waals surface area contributed by atoms with Crippen molar-refractivity contribution >= 4 is 41.2 Å². The second-order valence-electron chi connectivity index (χ2n) is 8.11. The van der Waals surface area contributed by atoms with Crippen molar-refractivity contribution in [3.63, 3.8) is 0 Å². The van der Waals surface area contributed by atoms with Crippen molar-refractivity contribution < 1.29 is 24.3 Å². The van der Waals surface area contributed by atoms with E-state index in [0.717, 1.165) is 5.57 Å². The zero-order valence-corrected chi connectivity index (χ0v) is 19.3. The fourth-order valence-corrected chi connectivity index (χ4v) is 3.61. The molecule has 2 aliphatic heterocycles. The van der Waals surface area contributed by atoms with Crippen molar-refractivity contribution in [1.82, 2.24) is 16.0 Å². The molecule has 0 fully saturated rings. The van der Waals surface area contributed by atoms with Gasteiger partial charge in [-0.1, -0.05) is 6.92 Å². The van der Waals surface area contributed by atoms with Crippen LogP contribution in [0.1, 0.15) is 43.0 Å². The molecule has 1 aromatic rings. The van der Waals surface area contributed by atoms with E-state index in [-0.39, 0.29) is 24.2 Å². The number of carboxylic acids is 1. The molecule has 0 aliphatic carbocycles. The molecular weight excluding hydrogens is 454 g/mol. The Kier molecular flexibility index (Phi) is 8.54. The van der Waals surface area contributed by atoms with Gasteiger partial charge >= 0.3 is 5.97 Å². The first-order valence-electron chi connectivity index (χ1n) is 11.3. The molecule has 3 amide bonds. The maximum atomic E-state index is 12.5. The summed E-state index contributed by atoms with van der Waals surface area (Å²) in [7, 11) is 0. The van der Waals surface area contributed by atoms with Gasteiger partial charge in [-0.2, -0.15) is 4.99 Å². The lowest BCUT2D eigenvalue weighted by Gasteiger charge is -2.20. The molecule has 2 aliphatic rings. The van der Waals surface area contributed by atoms with Gasteiger partial charge in [0.25, 0.3) is 5.91 Å². The minimum atomic E-state index is -1.11. The number of carboxylic acid groups (broad SMARTS) is 1. The van der Waals surface area contributed by atoms with Crippen LogP contribution in [0.5, 0.6) is 0 Å². The van der Waals surface area contributed by atoms with Crippen LogP contribution in [0, 0.1) is 5.92 Å². The largest absolute Gasteiger partial charge is 0.480 e. The van der Waals surface area contributed by atoms with Crippen molar-refractivity contribution in [1.29, 1.82) is 0 Å². The van der Waals surface area contributed by atoms with Gasteiger partial charge in [0, 0.05) is 37.0 Å². The summed E-state index contributed by atoms with van der Waals surface area (Å²) in [4.78, 5) is 55.7. The summed E-state index contributed by atoms with van der Waals surface area (Å²) in [5, 5.41) is 20.4. The van der Waals surface area contributed by atoms with Gasteiger partial charge in [0.2, 0.25) is 17.8 Å². The number of nitrogens with two attached hydrogens (primary N) is 1. The van der Waals surface area contributed by atoms with E-state index in [1.165, 1.54) is 0 Å². The molecule has 3 rings (SSSR count). The Morgan fingerprint density at radius 2 is 1.94 bits per heavy atom. The van der Waals surface area contributed by atoms with Crippen LogP contribution >= 0.6 is 0 Å². The monoisotopic (exact) mass is 483 g/mol. The van der Waals surface area contributed by atoms with E-state index in [4.69, 9.17) is 5.73 Å². The number of unbranched alkanes of at least 4 members (excludes halogenated alkanes) is 1. The SMILES string of the molecule is CCC(=O)NCCCC[C@H](NC(=O)c1ccc(NCC2=CN=C3N=C(N)NC(=O)C23)cc1)C(=O)O. The third-order valence-electron chi connectivity index (χ3n) is 5.55. The molecule has 186 valence electrons. The molecule has 7 N–H and O–H groups in total. The molecule has 0 saturated carbocycles. The second-order valence-corrected chi connectivity index (χ2v) is 8.11. The van der Waals surface area contributed by atoms with Gasteiger partial charge in [-0.25, -0.2) is 9.79 Å². The first-order valence-corrected chi connectivity index (χ1v) is 11.3. The average Bonchev–Trinajstić information content (AvgIpc) is 3.24. The van der Waals surface area contributed by atoms with Gasteiger partial charge in [-0.05, 0) is 49.1 Å². The number of nitrogens with one attached hydrogen (secondary N) is 4. The number of rotatable bonds is 12. The van der Waals surface area contributed by atoms with E-state index in [1.807, 2.05) is 0 Å². The van der Waals surface area contributed by atoms with Crippen LogP contribution in [0.3, 0.4) is 0 Å². The van der Waals surface area contributed by atoms with E-state index in [2.05, 4.69) is 31.3 Å². The van der Waals surface area contributed by atoms with E-state index in [9.17, 15) is 24.3 Å². The van der Waals surface area contributed by atoms with E-state index in [1.54, 1.807) is 37.4 Å². The highest BCUT2D eigenvalue weighted by atomic mass is 16.4. The summed E-state index contributed by atoms with van der Waals surface area (Å²) < 4.78 is 0. The van der Waals surface area contributed by atoms with Crippen LogP contribution in [0.25, 0.3) is 0 Å². The minimum absolute atomic E-state index is 0.0204. The van der Waals surface area contributed by atoms with Crippen LogP contribution in [0.2, 0.25) is 0 Å². The number of aliphatic carboxylic acids is 1. The lowest BCUT2D eigenvalue weighted by atomic mass is 9.98. The van der Waals surface area contributed by atoms with Gasteiger partial charge in [-0.3, -0.25) is 19.7 Å². The fraction of sp³-hybridized carbons (Fsp3) is 0.391. The van der Waals surface area contributed by atoms with Crippen LogP contribution in [0.15, 0.2) is 46.0 Å². The van der Waals surface area contributed by atoms with E-state index in [0.29, 0.717) is 49.4 Å². The van der Waals surface area contributed by atoms with Crippen molar-refractivity contribution in [2.75, 3.05) is 18.4 Å². The van der Waals surface area contributed by atoms with E-state index >= 15 is 0 Å². The lowest BCUT2D eigenvalue weighted by molar-refractivity contribution is -0.139. The molecule has 12 heteroatoms. The quantitative estimate of drug-likeness (QED) is 0.231. The maximum Gasteiger partial charge on any atom is 0.326 e. The first kappa shape index (κ1) is 25.4. The number of aliphatic imine (C=N–C) groups is 2. The van der Waals surface area contributed by atoms with Crippen LogP contribution in [0.4, 0.5) is 5.69 Å². The Hall–Kier alpha value is -4.22. The standard InChI is InChI=1S/C23H29N7O5/c1-2-17(31)25-10-4-3-5-16(22(34)35)28-20(32)13-6-8-15(9-7-13)26-11-14-12-27-19-18(14)21(33)30-23(24)29-19/h6-9,12,16,18,26H,2-5,10-11H2,1H3,(H,25,31)(H,28,32)(H,34,35)(H3,24,27,29,30,33)/t16-,18?/m0/s1.